The molecular formula is C13H16BrN3O3. The first-order chi connectivity index (χ1) is 9.45. The Morgan fingerprint density at radius 2 is 2.35 bits per heavy atom. The largest absolute Gasteiger partial charge is 0.465 e. The highest BCUT2D eigenvalue weighted by Crippen LogP contribution is 2.26. The van der Waals surface area contributed by atoms with Gasteiger partial charge in [-0.2, -0.15) is 0 Å². The summed E-state index contributed by atoms with van der Waals surface area (Å²) in [5, 5.41) is 2.74. The second-order valence-corrected chi connectivity index (χ2v) is 5.78. The summed E-state index contributed by atoms with van der Waals surface area (Å²) in [7, 11) is 3.82. The summed E-state index contributed by atoms with van der Waals surface area (Å²) in [6.45, 7) is 0.322. The standard InChI is InChI=1S/C13H16BrN3O3/c1-17(2)10-5-11(15-6-9(10)14)16-12(18)3-8-4-13(19)20-7-8/h5-6,8H,3-4,7H2,1-2H3,(H,15,16,18)/t8-/m1/s1. The number of pyridine rings is 1. The van der Waals surface area contributed by atoms with Crippen LogP contribution >= 0.6 is 15.9 Å². The lowest BCUT2D eigenvalue weighted by molar-refractivity contribution is -0.138. The number of hydrogen-bond acceptors (Lipinski definition) is 5. The molecule has 1 aliphatic rings. The van der Waals surface area contributed by atoms with Crippen LogP contribution in [-0.2, 0) is 14.3 Å². The lowest BCUT2D eigenvalue weighted by Crippen LogP contribution is -2.18. The van der Waals surface area contributed by atoms with Crippen LogP contribution in [0.4, 0.5) is 11.5 Å². The lowest BCUT2D eigenvalue weighted by atomic mass is 10.0. The van der Waals surface area contributed by atoms with Gasteiger partial charge in [0.2, 0.25) is 5.91 Å². The minimum Gasteiger partial charge on any atom is -0.465 e. The summed E-state index contributed by atoms with van der Waals surface area (Å²) in [4.78, 5) is 28.9. The number of esters is 1. The summed E-state index contributed by atoms with van der Waals surface area (Å²) < 4.78 is 5.69. The van der Waals surface area contributed by atoms with Crippen LogP contribution in [0.5, 0.6) is 0 Å². The molecule has 1 amide bonds. The van der Waals surface area contributed by atoms with E-state index in [1.807, 2.05) is 19.0 Å². The van der Waals surface area contributed by atoms with Crippen LogP contribution in [0, 0.1) is 5.92 Å². The third-order valence-electron chi connectivity index (χ3n) is 2.99. The van der Waals surface area contributed by atoms with Crippen molar-refractivity contribution in [1.29, 1.82) is 0 Å². The Bertz CT molecular complexity index is 534. The topological polar surface area (TPSA) is 71.5 Å². The molecule has 6 nitrogen and oxygen atoms in total. The molecule has 2 rings (SSSR count). The summed E-state index contributed by atoms with van der Waals surface area (Å²) >= 11 is 3.40. The molecule has 0 unspecified atom stereocenters. The van der Waals surface area contributed by atoms with Crippen molar-refractivity contribution in [2.24, 2.45) is 5.92 Å². The van der Waals surface area contributed by atoms with Crippen molar-refractivity contribution < 1.29 is 14.3 Å². The molecule has 0 saturated carbocycles. The third kappa shape index (κ3) is 3.69. The second kappa shape index (κ2) is 6.21. The fourth-order valence-electron chi connectivity index (χ4n) is 1.99. The van der Waals surface area contributed by atoms with Gasteiger partial charge in [0.05, 0.1) is 23.2 Å². The van der Waals surface area contributed by atoms with Crippen molar-refractivity contribution in [1.82, 2.24) is 4.98 Å². The van der Waals surface area contributed by atoms with Gasteiger partial charge >= 0.3 is 5.97 Å². The molecule has 1 fully saturated rings. The Labute approximate surface area is 125 Å². The number of carbonyl (C=O) groups is 2. The smallest absolute Gasteiger partial charge is 0.306 e. The number of hydrogen-bond donors (Lipinski definition) is 1. The number of nitrogens with zero attached hydrogens (tertiary/aromatic N) is 2. The average Bonchev–Trinajstić information content (AvgIpc) is 2.76. The number of rotatable bonds is 4. The van der Waals surface area contributed by atoms with E-state index in [1.165, 1.54) is 0 Å². The quantitative estimate of drug-likeness (QED) is 0.845. The average molecular weight is 342 g/mol. The molecule has 0 bridgehead atoms. The van der Waals surface area contributed by atoms with Crippen molar-refractivity contribution in [3.63, 3.8) is 0 Å². The number of halogens is 1. The van der Waals surface area contributed by atoms with Gasteiger partial charge in [0.25, 0.3) is 0 Å². The van der Waals surface area contributed by atoms with Gasteiger partial charge in [-0.05, 0) is 15.9 Å². The Morgan fingerprint density at radius 1 is 1.60 bits per heavy atom. The SMILES string of the molecule is CN(C)c1cc(NC(=O)C[C@H]2COC(=O)C2)ncc1Br. The van der Waals surface area contributed by atoms with E-state index in [2.05, 4.69) is 26.2 Å². The first-order valence-corrected chi connectivity index (χ1v) is 7.03. The summed E-state index contributed by atoms with van der Waals surface area (Å²) in [5.74, 6) is 0.0608. The fourth-order valence-corrected chi connectivity index (χ4v) is 2.56. The Balaban J connectivity index is 1.97. The Kier molecular flexibility index (Phi) is 4.59. The Hall–Kier alpha value is -1.63. The molecular weight excluding hydrogens is 326 g/mol. The highest BCUT2D eigenvalue weighted by molar-refractivity contribution is 9.10. The number of anilines is 2. The van der Waals surface area contributed by atoms with Crippen LogP contribution in [-0.4, -0.2) is 37.6 Å². The molecule has 0 spiro atoms. The first kappa shape index (κ1) is 14.8. The van der Waals surface area contributed by atoms with Gasteiger partial charge in [-0.15, -0.1) is 0 Å². The van der Waals surface area contributed by atoms with Crippen molar-refractivity contribution in [2.45, 2.75) is 12.8 Å². The van der Waals surface area contributed by atoms with Crippen molar-refractivity contribution in [3.8, 4) is 0 Å². The van der Waals surface area contributed by atoms with Crippen LogP contribution in [0.3, 0.4) is 0 Å². The van der Waals surface area contributed by atoms with Crippen LogP contribution in [0.1, 0.15) is 12.8 Å². The predicted octanol–water partition coefficient (Wildman–Crippen LogP) is 1.80. The van der Waals surface area contributed by atoms with E-state index in [-0.39, 0.29) is 24.2 Å². The summed E-state index contributed by atoms with van der Waals surface area (Å²) in [6.07, 6.45) is 2.22. The molecule has 0 aliphatic carbocycles. The van der Waals surface area contributed by atoms with Crippen LogP contribution in [0.15, 0.2) is 16.7 Å². The Morgan fingerprint density at radius 3 is 2.95 bits per heavy atom. The molecule has 1 saturated heterocycles. The molecule has 1 atom stereocenters. The van der Waals surface area contributed by atoms with Crippen LogP contribution < -0.4 is 10.2 Å². The van der Waals surface area contributed by atoms with Gasteiger partial charge in [-0.25, -0.2) is 4.98 Å². The molecule has 0 aromatic carbocycles. The molecule has 20 heavy (non-hydrogen) atoms. The van der Waals surface area contributed by atoms with Crippen molar-refractivity contribution in [3.05, 3.63) is 16.7 Å². The highest BCUT2D eigenvalue weighted by Gasteiger charge is 2.26. The molecule has 1 aliphatic heterocycles. The zero-order valence-electron chi connectivity index (χ0n) is 11.4. The summed E-state index contributed by atoms with van der Waals surface area (Å²) in [6, 6.07) is 1.79. The minimum absolute atomic E-state index is 0.0359. The van der Waals surface area contributed by atoms with E-state index in [1.54, 1.807) is 12.3 Å². The number of cyclic esters (lactones) is 1. The molecule has 1 aromatic heterocycles. The van der Waals surface area contributed by atoms with Gasteiger partial charge < -0.3 is 15.0 Å². The van der Waals surface area contributed by atoms with Crippen LogP contribution in [0.25, 0.3) is 0 Å². The monoisotopic (exact) mass is 341 g/mol. The highest BCUT2D eigenvalue weighted by atomic mass is 79.9. The van der Waals surface area contributed by atoms with Crippen molar-refractivity contribution >= 4 is 39.3 Å². The maximum atomic E-state index is 11.9. The minimum atomic E-state index is -0.237. The lowest BCUT2D eigenvalue weighted by Gasteiger charge is -2.15. The first-order valence-electron chi connectivity index (χ1n) is 6.24. The molecule has 1 aromatic rings. The normalized spacial score (nSPS) is 17.8. The van der Waals surface area contributed by atoms with Gasteiger partial charge in [-0.1, -0.05) is 0 Å². The van der Waals surface area contributed by atoms with E-state index in [4.69, 9.17) is 4.74 Å². The molecule has 0 radical (unpaired) electrons. The number of amides is 1. The third-order valence-corrected chi connectivity index (χ3v) is 3.60. The number of nitrogens with one attached hydrogen (secondary N) is 1. The van der Waals surface area contributed by atoms with Gasteiger partial charge in [-0.3, -0.25) is 9.59 Å². The van der Waals surface area contributed by atoms with Gasteiger partial charge in [0.1, 0.15) is 5.82 Å². The zero-order chi connectivity index (χ0) is 14.7. The van der Waals surface area contributed by atoms with E-state index in [0.717, 1.165) is 10.2 Å². The second-order valence-electron chi connectivity index (χ2n) is 4.92. The molecule has 7 heteroatoms. The van der Waals surface area contributed by atoms with Crippen molar-refractivity contribution in [2.75, 3.05) is 30.9 Å². The number of aromatic nitrogens is 1. The number of ether oxygens (including phenoxy) is 1. The molecule has 1 N–H and O–H groups in total. The zero-order valence-corrected chi connectivity index (χ0v) is 12.9. The summed E-state index contributed by atoms with van der Waals surface area (Å²) in [5.41, 5.74) is 0.926. The number of carbonyl (C=O) groups excluding carboxylic acids is 2. The predicted molar refractivity (Wildman–Crippen MR) is 78.6 cm³/mol. The molecule has 108 valence electrons. The van der Waals surface area contributed by atoms with E-state index in [9.17, 15) is 9.59 Å². The van der Waals surface area contributed by atoms with E-state index in [0.29, 0.717) is 18.8 Å². The van der Waals surface area contributed by atoms with E-state index >= 15 is 0 Å². The maximum absolute atomic E-state index is 11.9. The van der Waals surface area contributed by atoms with Crippen LogP contribution in [0.2, 0.25) is 0 Å². The fraction of sp³-hybridized carbons (Fsp3) is 0.462. The molecule has 2 heterocycles. The van der Waals surface area contributed by atoms with Gasteiger partial charge in [0, 0.05) is 38.7 Å². The maximum Gasteiger partial charge on any atom is 0.306 e. The van der Waals surface area contributed by atoms with E-state index < -0.39 is 0 Å². The van der Waals surface area contributed by atoms with Gasteiger partial charge in [0.15, 0.2) is 0 Å².